The summed E-state index contributed by atoms with van der Waals surface area (Å²) in [4.78, 5) is 21.9. The molecule has 0 aromatic heterocycles. The molecule has 4 nitrogen and oxygen atoms in total. The Labute approximate surface area is 168 Å². The fourth-order valence-electron chi connectivity index (χ4n) is 1.70. The molecule has 88 valence electrons. The third-order valence-electron chi connectivity index (χ3n) is 2.89. The molecule has 0 fully saturated rings. The number of hydrogen-bond donors (Lipinski definition) is 0. The summed E-state index contributed by atoms with van der Waals surface area (Å²) >= 11 is 0. The van der Waals surface area contributed by atoms with Crippen LogP contribution in [0.5, 0.6) is 0 Å². The normalized spacial score (nSPS) is 10.4. The SMILES string of the molecule is CCCCCC(C(=O)[O-])(C(=O)[O-])C(C)C.[K+].[Na+]. The second kappa shape index (κ2) is 11.4. The molecule has 6 heteroatoms. The molecule has 0 aromatic carbocycles. The molecule has 0 atom stereocenters. The van der Waals surface area contributed by atoms with Crippen molar-refractivity contribution in [2.24, 2.45) is 11.3 Å². The number of carboxylic acids is 2. The molecule has 0 saturated heterocycles. The van der Waals surface area contributed by atoms with Gasteiger partial charge in [0.1, 0.15) is 0 Å². The average molecular weight is 276 g/mol. The van der Waals surface area contributed by atoms with Crippen molar-refractivity contribution < 1.29 is 101 Å². The molecule has 0 aliphatic rings. The molecule has 0 saturated carbocycles. The van der Waals surface area contributed by atoms with Crippen LogP contribution in [-0.4, -0.2) is 11.9 Å². The molecule has 0 radical (unpaired) electrons. The van der Waals surface area contributed by atoms with Crippen molar-refractivity contribution >= 4 is 11.9 Å². The molecule has 17 heavy (non-hydrogen) atoms. The zero-order valence-electron chi connectivity index (χ0n) is 11.5. The van der Waals surface area contributed by atoms with Crippen LogP contribution in [0.4, 0.5) is 0 Å². The van der Waals surface area contributed by atoms with Gasteiger partial charge in [-0.1, -0.05) is 40.0 Å². The van der Waals surface area contributed by atoms with E-state index in [9.17, 15) is 19.8 Å². The van der Waals surface area contributed by atoms with Crippen molar-refractivity contribution in [1.29, 1.82) is 0 Å². The number of rotatable bonds is 7. The van der Waals surface area contributed by atoms with Crippen molar-refractivity contribution in [1.82, 2.24) is 0 Å². The van der Waals surface area contributed by atoms with Gasteiger partial charge in [-0.2, -0.15) is 0 Å². The van der Waals surface area contributed by atoms with Crippen LogP contribution < -0.4 is 91.2 Å². The van der Waals surface area contributed by atoms with Gasteiger partial charge in [0.2, 0.25) is 0 Å². The molecule has 0 aliphatic carbocycles. The fraction of sp³-hybridized carbons (Fsp3) is 0.818. The average Bonchev–Trinajstić information content (AvgIpc) is 2.10. The Morgan fingerprint density at radius 3 is 1.76 bits per heavy atom. The van der Waals surface area contributed by atoms with Crippen LogP contribution in [0.15, 0.2) is 0 Å². The summed E-state index contributed by atoms with van der Waals surface area (Å²) < 4.78 is 0. The minimum atomic E-state index is -1.84. The van der Waals surface area contributed by atoms with Gasteiger partial charge in [0.15, 0.2) is 0 Å². The van der Waals surface area contributed by atoms with Crippen LogP contribution in [0, 0.1) is 11.3 Å². The number of aliphatic carboxylic acids is 2. The summed E-state index contributed by atoms with van der Waals surface area (Å²) in [6, 6.07) is 0. The first-order valence-electron chi connectivity index (χ1n) is 5.32. The molecule has 0 unspecified atom stereocenters. The minimum Gasteiger partial charge on any atom is -0.549 e. The number of hydrogen-bond acceptors (Lipinski definition) is 4. The van der Waals surface area contributed by atoms with Crippen LogP contribution in [0.25, 0.3) is 0 Å². The van der Waals surface area contributed by atoms with Crippen LogP contribution >= 0.6 is 0 Å². The van der Waals surface area contributed by atoms with Gasteiger partial charge in [0, 0.05) is 0 Å². The summed E-state index contributed by atoms with van der Waals surface area (Å²) in [7, 11) is 0. The standard InChI is InChI=1S/C11H20O4.K.Na/c1-4-5-6-7-11(8(2)3,9(12)13)10(14)15;;/h8H,4-7H2,1-3H3,(H,12,13)(H,14,15);;/q;2*+1/p-2. The second-order valence-electron chi connectivity index (χ2n) is 4.16. The molecule has 0 bridgehead atoms. The van der Waals surface area contributed by atoms with Crippen LogP contribution in [-0.2, 0) is 9.59 Å². The number of carbonyl (C=O) groups excluding carboxylic acids is 2. The molecule has 0 rings (SSSR count). The Bertz CT molecular complexity index is 230. The molecule has 0 spiro atoms. The van der Waals surface area contributed by atoms with Gasteiger partial charge in [-0.25, -0.2) is 0 Å². The number of carbonyl (C=O) groups is 2. The number of unbranched alkanes of at least 4 members (excludes halogenated alkanes) is 2. The van der Waals surface area contributed by atoms with Crippen molar-refractivity contribution in [3.63, 3.8) is 0 Å². The van der Waals surface area contributed by atoms with E-state index in [-0.39, 0.29) is 87.4 Å². The Kier molecular flexibility index (Phi) is 15.9. The summed E-state index contributed by atoms with van der Waals surface area (Å²) in [6.45, 7) is 5.10. The first-order chi connectivity index (χ1) is 6.89. The van der Waals surface area contributed by atoms with Crippen molar-refractivity contribution in [3.8, 4) is 0 Å². The second-order valence-corrected chi connectivity index (χ2v) is 4.16. The molecule has 0 N–H and O–H groups in total. The van der Waals surface area contributed by atoms with E-state index in [0.29, 0.717) is 6.42 Å². The fourth-order valence-corrected chi connectivity index (χ4v) is 1.70. The molecule has 0 heterocycles. The van der Waals surface area contributed by atoms with Gasteiger partial charge in [-0.3, -0.25) is 0 Å². The quantitative estimate of drug-likeness (QED) is 0.263. The van der Waals surface area contributed by atoms with Crippen molar-refractivity contribution in [2.45, 2.75) is 46.5 Å². The zero-order valence-corrected chi connectivity index (χ0v) is 16.7. The molecule has 0 aromatic rings. The first-order valence-corrected chi connectivity index (χ1v) is 5.32. The van der Waals surface area contributed by atoms with Gasteiger partial charge in [0.25, 0.3) is 0 Å². The van der Waals surface area contributed by atoms with Gasteiger partial charge in [-0.05, 0) is 12.3 Å². The maximum Gasteiger partial charge on any atom is 1.00 e. The van der Waals surface area contributed by atoms with Gasteiger partial charge in [-0.15, -0.1) is 0 Å². The van der Waals surface area contributed by atoms with Gasteiger partial charge >= 0.3 is 80.9 Å². The Morgan fingerprint density at radius 2 is 1.53 bits per heavy atom. The van der Waals surface area contributed by atoms with Crippen LogP contribution in [0.2, 0.25) is 0 Å². The first kappa shape index (κ1) is 23.7. The third-order valence-corrected chi connectivity index (χ3v) is 2.89. The van der Waals surface area contributed by atoms with E-state index in [1.807, 2.05) is 6.92 Å². The summed E-state index contributed by atoms with van der Waals surface area (Å²) in [5, 5.41) is 21.9. The Balaban J connectivity index is -0.000000980. The monoisotopic (exact) mass is 276 g/mol. The summed E-state index contributed by atoms with van der Waals surface area (Å²) in [5.41, 5.74) is -1.84. The van der Waals surface area contributed by atoms with E-state index in [0.717, 1.165) is 12.8 Å². The maximum absolute atomic E-state index is 11.0. The predicted molar refractivity (Wildman–Crippen MR) is 51.4 cm³/mol. The summed E-state index contributed by atoms with van der Waals surface area (Å²) in [6.07, 6.45) is 2.38. The van der Waals surface area contributed by atoms with E-state index in [1.54, 1.807) is 13.8 Å². The smallest absolute Gasteiger partial charge is 0.549 e. The zero-order chi connectivity index (χ0) is 12.1. The largest absolute Gasteiger partial charge is 1.00 e. The van der Waals surface area contributed by atoms with E-state index in [2.05, 4.69) is 0 Å². The van der Waals surface area contributed by atoms with Crippen molar-refractivity contribution in [3.05, 3.63) is 0 Å². The van der Waals surface area contributed by atoms with Crippen molar-refractivity contribution in [2.75, 3.05) is 0 Å². The molecular weight excluding hydrogens is 258 g/mol. The Hall–Kier alpha value is 1.58. The van der Waals surface area contributed by atoms with E-state index >= 15 is 0 Å². The number of carboxylic acid groups (broad SMARTS) is 2. The molecule has 0 amide bonds. The maximum atomic E-state index is 11.0. The molecule has 0 aliphatic heterocycles. The predicted octanol–water partition coefficient (Wildman–Crippen LogP) is -6.28. The summed E-state index contributed by atoms with van der Waals surface area (Å²) in [5.74, 6) is -3.59. The minimum absolute atomic E-state index is 0. The molecular formula is C11H18KNaO4. The van der Waals surface area contributed by atoms with Gasteiger partial charge in [0.05, 0.1) is 17.4 Å². The van der Waals surface area contributed by atoms with E-state index < -0.39 is 23.3 Å². The van der Waals surface area contributed by atoms with E-state index in [1.165, 1.54) is 0 Å². The topological polar surface area (TPSA) is 80.3 Å². The van der Waals surface area contributed by atoms with Gasteiger partial charge < -0.3 is 19.8 Å². The van der Waals surface area contributed by atoms with Crippen LogP contribution in [0.3, 0.4) is 0 Å². The Morgan fingerprint density at radius 1 is 1.12 bits per heavy atom. The van der Waals surface area contributed by atoms with E-state index in [4.69, 9.17) is 0 Å². The third kappa shape index (κ3) is 6.52. The van der Waals surface area contributed by atoms with Crippen LogP contribution in [0.1, 0.15) is 46.5 Å².